The van der Waals surface area contributed by atoms with E-state index in [0.717, 1.165) is 16.8 Å². The molecule has 7 nitrogen and oxygen atoms in total. The van der Waals surface area contributed by atoms with Crippen molar-refractivity contribution in [3.8, 4) is 11.1 Å². The Kier molecular flexibility index (Phi) is 6.00. The summed E-state index contributed by atoms with van der Waals surface area (Å²) in [5.74, 6) is 0.0979. The normalized spacial score (nSPS) is 11.6. The highest BCUT2D eigenvalue weighted by Crippen LogP contribution is 2.30. The molecule has 0 unspecified atom stereocenters. The van der Waals surface area contributed by atoms with Gasteiger partial charge in [-0.05, 0) is 63.9 Å². The van der Waals surface area contributed by atoms with Gasteiger partial charge in [0.2, 0.25) is 0 Å². The van der Waals surface area contributed by atoms with Crippen molar-refractivity contribution in [3.05, 3.63) is 81.7 Å². The van der Waals surface area contributed by atoms with Gasteiger partial charge in [-0.25, -0.2) is 9.18 Å². The molecule has 1 N–H and O–H groups in total. The Labute approximate surface area is 196 Å². The van der Waals surface area contributed by atoms with Crippen LogP contribution in [0.1, 0.15) is 37.8 Å². The average Bonchev–Trinajstić information content (AvgIpc) is 3.09. The van der Waals surface area contributed by atoms with Crippen LogP contribution in [-0.2, 0) is 11.3 Å². The predicted molar refractivity (Wildman–Crippen MR) is 129 cm³/mol. The number of benzene rings is 2. The fourth-order valence-corrected chi connectivity index (χ4v) is 3.92. The third kappa shape index (κ3) is 4.71. The summed E-state index contributed by atoms with van der Waals surface area (Å²) in [4.78, 5) is 24.9. The Morgan fingerprint density at radius 3 is 2.62 bits per heavy atom. The van der Waals surface area contributed by atoms with Gasteiger partial charge in [0, 0.05) is 29.8 Å². The van der Waals surface area contributed by atoms with Crippen molar-refractivity contribution >= 4 is 22.7 Å². The van der Waals surface area contributed by atoms with Crippen LogP contribution in [-0.4, -0.2) is 21.4 Å². The van der Waals surface area contributed by atoms with Crippen LogP contribution in [0.15, 0.2) is 58.0 Å². The lowest BCUT2D eigenvalue weighted by atomic mass is 10.0. The van der Waals surface area contributed by atoms with Gasteiger partial charge in [0.05, 0.1) is 16.9 Å². The smallest absolute Gasteiger partial charge is 0.412 e. The molecule has 0 bridgehead atoms. The maximum absolute atomic E-state index is 14.7. The molecule has 0 saturated carbocycles. The number of para-hydroxylation sites is 1. The lowest BCUT2D eigenvalue weighted by Crippen LogP contribution is -2.28. The first-order chi connectivity index (χ1) is 16.0. The van der Waals surface area contributed by atoms with Crippen LogP contribution >= 0.6 is 0 Å². The first kappa shape index (κ1) is 23.2. The third-order valence-corrected chi connectivity index (χ3v) is 5.37. The van der Waals surface area contributed by atoms with Crippen molar-refractivity contribution in [2.75, 3.05) is 5.32 Å². The zero-order chi connectivity index (χ0) is 24.6. The fourth-order valence-electron chi connectivity index (χ4n) is 3.92. The molecule has 0 atom stereocenters. The molecule has 0 aliphatic rings. The molecule has 176 valence electrons. The van der Waals surface area contributed by atoms with E-state index < -0.39 is 17.5 Å². The second-order valence-corrected chi connectivity index (χ2v) is 9.14. The highest BCUT2D eigenvalue weighted by Gasteiger charge is 2.20. The molecular weight excluding hydrogens is 437 g/mol. The van der Waals surface area contributed by atoms with Gasteiger partial charge in [-0.2, -0.15) is 0 Å². The van der Waals surface area contributed by atoms with Crippen LogP contribution in [0, 0.1) is 19.7 Å². The van der Waals surface area contributed by atoms with E-state index >= 15 is 0 Å². The monoisotopic (exact) mass is 463 g/mol. The van der Waals surface area contributed by atoms with Crippen LogP contribution in [0.3, 0.4) is 0 Å². The third-order valence-electron chi connectivity index (χ3n) is 5.37. The van der Waals surface area contributed by atoms with Crippen molar-refractivity contribution in [2.45, 2.75) is 46.8 Å². The summed E-state index contributed by atoms with van der Waals surface area (Å²) in [6.07, 6.45) is 0.911. The summed E-state index contributed by atoms with van der Waals surface area (Å²) in [6, 6.07) is 11.6. The Hall–Kier alpha value is -3.94. The molecule has 0 saturated heterocycles. The number of aryl methyl sites for hydroxylation is 2. The molecule has 2 heterocycles. The van der Waals surface area contributed by atoms with E-state index in [9.17, 15) is 14.0 Å². The summed E-state index contributed by atoms with van der Waals surface area (Å²) in [6.45, 7) is 9.10. The lowest BCUT2D eigenvalue weighted by molar-refractivity contribution is 0.0635. The van der Waals surface area contributed by atoms with Crippen molar-refractivity contribution in [3.63, 3.8) is 0 Å². The van der Waals surface area contributed by atoms with E-state index in [1.165, 1.54) is 12.1 Å². The number of hydrogen-bond acceptors (Lipinski definition) is 5. The molecule has 8 heteroatoms. The summed E-state index contributed by atoms with van der Waals surface area (Å²) in [7, 11) is 0. The van der Waals surface area contributed by atoms with Crippen molar-refractivity contribution in [2.24, 2.45) is 0 Å². The van der Waals surface area contributed by atoms with E-state index in [0.29, 0.717) is 22.2 Å². The predicted octanol–water partition coefficient (Wildman–Crippen LogP) is 5.81. The second-order valence-electron chi connectivity index (χ2n) is 9.14. The van der Waals surface area contributed by atoms with Crippen LogP contribution in [0.5, 0.6) is 0 Å². The molecule has 1 amide bonds. The Bertz CT molecular complexity index is 1430. The molecule has 0 aliphatic carbocycles. The van der Waals surface area contributed by atoms with Gasteiger partial charge < -0.3 is 13.8 Å². The Morgan fingerprint density at radius 1 is 1.18 bits per heavy atom. The largest absolute Gasteiger partial charge is 0.444 e. The molecular formula is C26H26FN3O4. The Morgan fingerprint density at radius 2 is 1.94 bits per heavy atom. The van der Waals surface area contributed by atoms with Gasteiger partial charge in [0.25, 0.3) is 0 Å². The first-order valence-electron chi connectivity index (χ1n) is 10.9. The lowest BCUT2D eigenvalue weighted by Gasteiger charge is -2.21. The number of ether oxygens (including phenoxy) is 1. The SMILES string of the molecule is Cc1noc(C)c1-c1ccc2c(=O)ccn(Cc3cccc(F)c3NC(=O)OC(C)(C)C)c2c1. The maximum atomic E-state index is 14.7. The minimum absolute atomic E-state index is 0.0329. The van der Waals surface area contributed by atoms with E-state index in [2.05, 4.69) is 10.5 Å². The zero-order valence-corrected chi connectivity index (χ0v) is 19.7. The molecule has 34 heavy (non-hydrogen) atoms. The fraction of sp³-hybridized carbons (Fsp3) is 0.269. The van der Waals surface area contributed by atoms with Crippen molar-refractivity contribution in [1.29, 1.82) is 0 Å². The summed E-state index contributed by atoms with van der Waals surface area (Å²) < 4.78 is 27.1. The van der Waals surface area contributed by atoms with E-state index in [-0.39, 0.29) is 17.7 Å². The van der Waals surface area contributed by atoms with Crippen LogP contribution in [0.25, 0.3) is 22.0 Å². The number of rotatable bonds is 4. The van der Waals surface area contributed by atoms with E-state index in [1.54, 1.807) is 45.2 Å². The highest BCUT2D eigenvalue weighted by atomic mass is 19.1. The molecule has 2 aromatic carbocycles. The first-order valence-corrected chi connectivity index (χ1v) is 10.9. The maximum Gasteiger partial charge on any atom is 0.412 e. The van der Waals surface area contributed by atoms with Crippen molar-refractivity contribution < 1.29 is 18.4 Å². The number of nitrogens with zero attached hydrogens (tertiary/aromatic N) is 2. The standard InChI is InChI=1S/C26H26FN3O4/c1-15-23(16(2)34-29-15)17-9-10-19-21(13-17)30(12-11-22(19)31)14-18-7-6-8-20(27)24(18)28-25(32)33-26(3,4)5/h6-13H,14H2,1-5H3,(H,28,32). The summed E-state index contributed by atoms with van der Waals surface area (Å²) >= 11 is 0. The van der Waals surface area contributed by atoms with E-state index in [1.807, 2.05) is 30.5 Å². The number of amides is 1. The minimum atomic E-state index is -0.746. The number of carbonyl (C=O) groups excluding carboxylic acids is 1. The van der Waals surface area contributed by atoms with Gasteiger partial charge in [0.1, 0.15) is 17.2 Å². The average molecular weight is 464 g/mol. The van der Waals surface area contributed by atoms with Crippen LogP contribution < -0.4 is 10.7 Å². The van der Waals surface area contributed by atoms with Gasteiger partial charge >= 0.3 is 6.09 Å². The van der Waals surface area contributed by atoms with Crippen LogP contribution in [0.4, 0.5) is 14.9 Å². The quantitative estimate of drug-likeness (QED) is 0.413. The molecule has 4 rings (SSSR count). The number of fused-ring (bicyclic) bond motifs is 1. The van der Waals surface area contributed by atoms with Gasteiger partial charge in [-0.3, -0.25) is 10.1 Å². The van der Waals surface area contributed by atoms with Gasteiger partial charge in [-0.15, -0.1) is 0 Å². The zero-order valence-electron chi connectivity index (χ0n) is 19.7. The number of carbonyl (C=O) groups is 1. The molecule has 4 aromatic rings. The number of nitrogens with one attached hydrogen (secondary N) is 1. The molecule has 2 aromatic heterocycles. The minimum Gasteiger partial charge on any atom is -0.444 e. The second kappa shape index (κ2) is 8.78. The molecule has 0 spiro atoms. The number of pyridine rings is 1. The summed E-state index contributed by atoms with van der Waals surface area (Å²) in [5.41, 5.74) is 2.84. The number of anilines is 1. The van der Waals surface area contributed by atoms with Crippen molar-refractivity contribution in [1.82, 2.24) is 9.72 Å². The Balaban J connectivity index is 1.78. The van der Waals surface area contributed by atoms with E-state index in [4.69, 9.17) is 9.26 Å². The summed E-state index contributed by atoms with van der Waals surface area (Å²) in [5, 5.41) is 7.07. The van der Waals surface area contributed by atoms with Gasteiger partial charge in [-0.1, -0.05) is 23.4 Å². The number of halogens is 1. The molecule has 0 aliphatic heterocycles. The molecule has 0 radical (unpaired) electrons. The number of hydrogen-bond donors (Lipinski definition) is 1. The topological polar surface area (TPSA) is 86.4 Å². The van der Waals surface area contributed by atoms with Gasteiger partial charge in [0.15, 0.2) is 5.43 Å². The number of aromatic nitrogens is 2. The van der Waals surface area contributed by atoms with Crippen LogP contribution in [0.2, 0.25) is 0 Å². The molecule has 0 fully saturated rings. The highest BCUT2D eigenvalue weighted by molar-refractivity contribution is 5.87.